The quantitative estimate of drug-likeness (QED) is 0.460. The molecular weight excluding hydrogens is 152 g/mol. The Kier molecular flexibility index (Phi) is 2.94. The van der Waals surface area contributed by atoms with Crippen molar-refractivity contribution < 1.29 is 0 Å². The van der Waals surface area contributed by atoms with Crippen LogP contribution in [0.3, 0.4) is 0 Å². The zero-order valence-corrected chi connectivity index (χ0v) is 7.47. The average Bonchev–Trinajstić information content (AvgIpc) is 2.21. The summed E-state index contributed by atoms with van der Waals surface area (Å²) in [5, 5.41) is 10.3. The molecule has 0 spiro atoms. The summed E-state index contributed by atoms with van der Waals surface area (Å²) in [5.74, 6) is 0. The van der Waals surface area contributed by atoms with Crippen LogP contribution in [-0.4, -0.2) is 50.5 Å². The first-order valence-electron chi connectivity index (χ1n) is 4.88. The maximum absolute atomic E-state index is 3.48. The molecule has 4 heteroatoms. The number of nitrogens with zero attached hydrogens (tertiary/aromatic N) is 1. The van der Waals surface area contributed by atoms with Gasteiger partial charge in [-0.05, 0) is 19.5 Å². The molecule has 0 radical (unpaired) electrons. The summed E-state index contributed by atoms with van der Waals surface area (Å²) in [4.78, 5) is 2.47. The first-order chi connectivity index (χ1) is 5.97. The van der Waals surface area contributed by atoms with Crippen LogP contribution >= 0.6 is 0 Å². The molecule has 0 aromatic heterocycles. The Balaban J connectivity index is 1.80. The fourth-order valence-electron chi connectivity index (χ4n) is 1.84. The van der Waals surface area contributed by atoms with Crippen LogP contribution in [0.25, 0.3) is 0 Å². The third-order valence-electron chi connectivity index (χ3n) is 2.55. The average molecular weight is 170 g/mol. The Morgan fingerprint density at radius 1 is 0.917 bits per heavy atom. The van der Waals surface area contributed by atoms with E-state index in [2.05, 4.69) is 20.9 Å². The van der Waals surface area contributed by atoms with Gasteiger partial charge < -0.3 is 5.32 Å². The van der Waals surface area contributed by atoms with Gasteiger partial charge in [0.15, 0.2) is 0 Å². The molecule has 0 atom stereocenters. The van der Waals surface area contributed by atoms with E-state index in [0.717, 1.165) is 39.3 Å². The molecule has 0 aliphatic carbocycles. The van der Waals surface area contributed by atoms with Gasteiger partial charge in [-0.2, -0.15) is 0 Å². The molecule has 3 N–H and O–H groups in total. The smallest absolute Gasteiger partial charge is 0.114 e. The van der Waals surface area contributed by atoms with E-state index in [4.69, 9.17) is 0 Å². The molecule has 2 aliphatic heterocycles. The Morgan fingerprint density at radius 3 is 2.25 bits per heavy atom. The van der Waals surface area contributed by atoms with Gasteiger partial charge in [0.25, 0.3) is 0 Å². The molecule has 2 rings (SSSR count). The van der Waals surface area contributed by atoms with Crippen LogP contribution in [0.4, 0.5) is 0 Å². The molecule has 0 aromatic rings. The minimum Gasteiger partial charge on any atom is -0.314 e. The molecule has 2 heterocycles. The molecule has 0 aromatic carbocycles. The van der Waals surface area contributed by atoms with Crippen molar-refractivity contribution in [3.63, 3.8) is 0 Å². The van der Waals surface area contributed by atoms with E-state index in [0.29, 0.717) is 6.29 Å². The van der Waals surface area contributed by atoms with Crippen LogP contribution < -0.4 is 16.0 Å². The Morgan fingerprint density at radius 2 is 1.58 bits per heavy atom. The largest absolute Gasteiger partial charge is 0.314 e. The van der Waals surface area contributed by atoms with Crippen molar-refractivity contribution in [3.05, 3.63) is 0 Å². The Bertz CT molecular complexity index is 111. The van der Waals surface area contributed by atoms with Gasteiger partial charge >= 0.3 is 0 Å². The highest BCUT2D eigenvalue weighted by Gasteiger charge is 2.20. The van der Waals surface area contributed by atoms with E-state index >= 15 is 0 Å². The predicted octanol–water partition coefficient (Wildman–Crippen LogP) is -1.24. The standard InChI is InChI=1S/C8H18N4/c1-2-10-8(11-3-1)12-6-4-9-5-7-12/h8-11H,1-7H2. The number of nitrogens with one attached hydrogen (secondary N) is 3. The van der Waals surface area contributed by atoms with Crippen molar-refractivity contribution in [2.75, 3.05) is 39.3 Å². The molecule has 4 nitrogen and oxygen atoms in total. The SMILES string of the molecule is C1CNC(N2CCNCC2)NC1. The van der Waals surface area contributed by atoms with Crippen molar-refractivity contribution in [2.45, 2.75) is 12.7 Å². The molecule has 70 valence electrons. The maximum atomic E-state index is 3.48. The normalized spacial score (nSPS) is 29.0. The first-order valence-corrected chi connectivity index (χ1v) is 4.88. The third-order valence-corrected chi connectivity index (χ3v) is 2.55. The highest BCUT2D eigenvalue weighted by molar-refractivity contribution is 4.76. The second-order valence-corrected chi connectivity index (χ2v) is 3.45. The third kappa shape index (κ3) is 1.95. The lowest BCUT2D eigenvalue weighted by Gasteiger charge is -2.38. The maximum Gasteiger partial charge on any atom is 0.114 e. The number of hydrogen-bond donors (Lipinski definition) is 3. The lowest BCUT2D eigenvalue weighted by molar-refractivity contribution is 0.105. The van der Waals surface area contributed by atoms with Crippen LogP contribution in [0, 0.1) is 0 Å². The minimum atomic E-state index is 0.431. The molecule has 0 unspecified atom stereocenters. The van der Waals surface area contributed by atoms with Crippen molar-refractivity contribution in [3.8, 4) is 0 Å². The number of piperazine rings is 1. The second kappa shape index (κ2) is 4.18. The van der Waals surface area contributed by atoms with Gasteiger partial charge in [0.05, 0.1) is 0 Å². The van der Waals surface area contributed by atoms with Crippen molar-refractivity contribution in [1.82, 2.24) is 20.9 Å². The zero-order chi connectivity index (χ0) is 8.23. The molecule has 0 bridgehead atoms. The molecular formula is C8H18N4. The monoisotopic (exact) mass is 170 g/mol. The van der Waals surface area contributed by atoms with Crippen LogP contribution in [0.2, 0.25) is 0 Å². The number of hydrogen-bond acceptors (Lipinski definition) is 4. The molecule has 0 saturated carbocycles. The van der Waals surface area contributed by atoms with Crippen LogP contribution in [0.1, 0.15) is 6.42 Å². The van der Waals surface area contributed by atoms with E-state index in [1.165, 1.54) is 6.42 Å². The first kappa shape index (κ1) is 8.44. The Labute approximate surface area is 73.7 Å². The van der Waals surface area contributed by atoms with E-state index < -0.39 is 0 Å². The molecule has 2 fully saturated rings. The van der Waals surface area contributed by atoms with E-state index in [-0.39, 0.29) is 0 Å². The van der Waals surface area contributed by atoms with Crippen LogP contribution in [0.15, 0.2) is 0 Å². The van der Waals surface area contributed by atoms with E-state index in [9.17, 15) is 0 Å². The van der Waals surface area contributed by atoms with E-state index in [1.54, 1.807) is 0 Å². The zero-order valence-electron chi connectivity index (χ0n) is 7.47. The highest BCUT2D eigenvalue weighted by atomic mass is 15.4. The summed E-state index contributed by atoms with van der Waals surface area (Å²) in [6, 6.07) is 0. The van der Waals surface area contributed by atoms with Gasteiger partial charge in [0.1, 0.15) is 6.29 Å². The topological polar surface area (TPSA) is 39.3 Å². The fourth-order valence-corrected chi connectivity index (χ4v) is 1.84. The lowest BCUT2D eigenvalue weighted by atomic mass is 10.3. The van der Waals surface area contributed by atoms with Gasteiger partial charge in [-0.1, -0.05) is 0 Å². The molecule has 0 amide bonds. The summed E-state index contributed by atoms with van der Waals surface area (Å²) in [5.41, 5.74) is 0. The number of rotatable bonds is 1. The molecule has 2 saturated heterocycles. The molecule has 2 aliphatic rings. The summed E-state index contributed by atoms with van der Waals surface area (Å²) < 4.78 is 0. The highest BCUT2D eigenvalue weighted by Crippen LogP contribution is 1.99. The van der Waals surface area contributed by atoms with Crippen molar-refractivity contribution >= 4 is 0 Å². The van der Waals surface area contributed by atoms with Crippen LogP contribution in [-0.2, 0) is 0 Å². The van der Waals surface area contributed by atoms with Crippen molar-refractivity contribution in [1.29, 1.82) is 0 Å². The minimum absolute atomic E-state index is 0.431. The van der Waals surface area contributed by atoms with Gasteiger partial charge in [-0.15, -0.1) is 0 Å². The summed E-state index contributed by atoms with van der Waals surface area (Å²) in [7, 11) is 0. The van der Waals surface area contributed by atoms with Crippen molar-refractivity contribution in [2.24, 2.45) is 0 Å². The van der Waals surface area contributed by atoms with Crippen LogP contribution in [0.5, 0.6) is 0 Å². The fraction of sp³-hybridized carbons (Fsp3) is 1.00. The Hall–Kier alpha value is -0.160. The summed E-state index contributed by atoms with van der Waals surface area (Å²) in [6.45, 7) is 6.87. The second-order valence-electron chi connectivity index (χ2n) is 3.45. The van der Waals surface area contributed by atoms with E-state index in [1.807, 2.05) is 0 Å². The van der Waals surface area contributed by atoms with Gasteiger partial charge in [0.2, 0.25) is 0 Å². The van der Waals surface area contributed by atoms with Gasteiger partial charge in [0, 0.05) is 26.2 Å². The summed E-state index contributed by atoms with van der Waals surface area (Å²) in [6.07, 6.45) is 1.68. The molecule has 12 heavy (non-hydrogen) atoms. The lowest BCUT2D eigenvalue weighted by Crippen LogP contribution is -2.62. The van der Waals surface area contributed by atoms with Gasteiger partial charge in [-0.25, -0.2) is 0 Å². The summed E-state index contributed by atoms with van der Waals surface area (Å²) >= 11 is 0. The van der Waals surface area contributed by atoms with Gasteiger partial charge in [-0.3, -0.25) is 15.5 Å². The predicted molar refractivity (Wildman–Crippen MR) is 48.9 cm³/mol.